The molecule has 0 saturated carbocycles. The molecule has 2 saturated heterocycles. The van der Waals surface area contributed by atoms with E-state index in [9.17, 15) is 0 Å². The molecule has 2 aliphatic rings. The van der Waals surface area contributed by atoms with Crippen molar-refractivity contribution < 1.29 is 9.47 Å². The van der Waals surface area contributed by atoms with Crippen molar-refractivity contribution in [2.24, 2.45) is 0 Å². The molecule has 2 fully saturated rings. The second-order valence-corrected chi connectivity index (χ2v) is 10.8. The van der Waals surface area contributed by atoms with Crippen molar-refractivity contribution in [3.05, 3.63) is 89.9 Å². The van der Waals surface area contributed by atoms with Crippen molar-refractivity contribution in [2.45, 2.75) is 57.0 Å². The number of hydrogen-bond acceptors (Lipinski definition) is 6. The van der Waals surface area contributed by atoms with Crippen LogP contribution in [0.2, 0.25) is 0 Å². The summed E-state index contributed by atoms with van der Waals surface area (Å²) in [6, 6.07) is 21.2. The normalized spacial score (nSPS) is 25.3. The molecule has 0 amide bonds. The van der Waals surface area contributed by atoms with Gasteiger partial charge in [0.15, 0.2) is 11.6 Å². The Morgan fingerprint density at radius 2 is 1.67 bits per heavy atom. The number of likely N-dealkylation sites (tertiary alicyclic amines) is 1. The quantitative estimate of drug-likeness (QED) is 0.219. The van der Waals surface area contributed by atoms with Crippen LogP contribution in [0.5, 0.6) is 0 Å². The summed E-state index contributed by atoms with van der Waals surface area (Å²) < 4.78 is 14.0. The van der Waals surface area contributed by atoms with E-state index in [1.807, 2.05) is 32.0 Å². The average molecular weight is 595 g/mol. The van der Waals surface area contributed by atoms with E-state index in [4.69, 9.17) is 14.5 Å². The Kier molecular flexibility index (Phi) is 6.45. The lowest BCUT2D eigenvalue weighted by atomic mass is 10.0. The molecule has 7 nitrogen and oxygen atoms in total. The van der Waals surface area contributed by atoms with Gasteiger partial charge in [0.1, 0.15) is 24.1 Å². The number of anilines is 1. The lowest BCUT2D eigenvalue weighted by Gasteiger charge is -2.33. The molecule has 36 heavy (non-hydrogen) atoms. The molecular formula is C28H30IN5O2. The van der Waals surface area contributed by atoms with Gasteiger partial charge < -0.3 is 19.8 Å². The molecule has 0 bridgehead atoms. The highest BCUT2D eigenvalue weighted by molar-refractivity contribution is 14.1. The largest absolute Gasteiger partial charge is 0.364 e. The molecule has 2 N–H and O–H groups in total. The van der Waals surface area contributed by atoms with Crippen LogP contribution in [-0.4, -0.2) is 48.3 Å². The van der Waals surface area contributed by atoms with Crippen LogP contribution in [0, 0.1) is 0 Å². The molecule has 2 aromatic heterocycles. The molecule has 0 spiro atoms. The fraction of sp³-hybridized carbons (Fsp3) is 0.357. The van der Waals surface area contributed by atoms with E-state index in [1.54, 1.807) is 6.33 Å². The van der Waals surface area contributed by atoms with Crippen LogP contribution in [0.1, 0.15) is 36.6 Å². The number of nitrogens with zero attached hydrogens (tertiary/aromatic N) is 3. The van der Waals surface area contributed by atoms with Crippen molar-refractivity contribution >= 4 is 39.4 Å². The van der Waals surface area contributed by atoms with E-state index >= 15 is 0 Å². The number of nitrogens with one attached hydrogen (secondary N) is 2. The first-order chi connectivity index (χ1) is 17.5. The van der Waals surface area contributed by atoms with Gasteiger partial charge >= 0.3 is 0 Å². The molecule has 2 aromatic carbocycles. The molecule has 4 aromatic rings. The van der Waals surface area contributed by atoms with Gasteiger partial charge in [0, 0.05) is 35.3 Å². The van der Waals surface area contributed by atoms with E-state index in [1.165, 1.54) is 11.1 Å². The third kappa shape index (κ3) is 4.40. The number of hydrogen-bond donors (Lipinski definition) is 2. The number of fused-ring (bicyclic) bond motifs is 2. The smallest absolute Gasteiger partial charge is 0.163 e. The monoisotopic (exact) mass is 595 g/mol. The number of H-pyrrole nitrogens is 1. The van der Waals surface area contributed by atoms with Crippen molar-refractivity contribution in [3.8, 4) is 0 Å². The van der Waals surface area contributed by atoms with Gasteiger partial charge in [-0.25, -0.2) is 9.97 Å². The highest BCUT2D eigenvalue weighted by atomic mass is 127. The number of aromatic amines is 1. The van der Waals surface area contributed by atoms with Gasteiger partial charge in [-0.15, -0.1) is 0 Å². The van der Waals surface area contributed by atoms with Crippen molar-refractivity contribution in [2.75, 3.05) is 9.74 Å². The topological polar surface area (TPSA) is 75.3 Å². The van der Waals surface area contributed by atoms with Crippen LogP contribution in [0.15, 0.2) is 73.2 Å². The van der Waals surface area contributed by atoms with E-state index in [2.05, 4.69) is 91.4 Å². The molecule has 0 unspecified atom stereocenters. The standard InChI is InChI=1S/C28H30IN5O2/c1-28(2)35-25-21(13-29)34(16-19-11-7-4-8-12-19)24(26(25)36-28)20-15-30-23-22(20)32-17-33-27(23)31-14-18-9-5-3-6-10-18/h3-12,15,17,21,24-26,30H,13-14,16H2,1-2H3,(H,31,32,33)/t21-,24+,25-,26+/m1/s1. The first-order valence-electron chi connectivity index (χ1n) is 12.3. The second-order valence-electron chi connectivity index (χ2n) is 9.92. The third-order valence-electron chi connectivity index (χ3n) is 7.12. The van der Waals surface area contributed by atoms with Crippen LogP contribution < -0.4 is 5.32 Å². The van der Waals surface area contributed by atoms with Crippen molar-refractivity contribution in [3.63, 3.8) is 0 Å². The Hall–Kier alpha value is -2.53. The lowest BCUT2D eigenvalue weighted by molar-refractivity contribution is -0.167. The number of ether oxygens (including phenoxy) is 2. The van der Waals surface area contributed by atoms with Crippen molar-refractivity contribution in [1.29, 1.82) is 0 Å². The summed E-state index contributed by atoms with van der Waals surface area (Å²) in [4.78, 5) is 15.3. The summed E-state index contributed by atoms with van der Waals surface area (Å²) in [5.74, 6) is 0.189. The predicted octanol–water partition coefficient (Wildman–Crippen LogP) is 5.45. The van der Waals surface area contributed by atoms with Gasteiger partial charge in [-0.2, -0.15) is 0 Å². The van der Waals surface area contributed by atoms with Gasteiger partial charge in [-0.3, -0.25) is 4.90 Å². The van der Waals surface area contributed by atoms with Gasteiger partial charge in [0.05, 0.1) is 11.6 Å². The number of rotatable bonds is 7. The van der Waals surface area contributed by atoms with Gasteiger partial charge in [-0.05, 0) is 25.0 Å². The molecular weight excluding hydrogens is 565 g/mol. The van der Waals surface area contributed by atoms with Gasteiger partial charge in [0.25, 0.3) is 0 Å². The fourth-order valence-corrected chi connectivity index (χ4v) is 6.59. The zero-order chi connectivity index (χ0) is 24.7. The summed E-state index contributed by atoms with van der Waals surface area (Å²) in [7, 11) is 0. The minimum absolute atomic E-state index is 0.00219. The Labute approximate surface area is 224 Å². The predicted molar refractivity (Wildman–Crippen MR) is 149 cm³/mol. The number of benzene rings is 2. The summed E-state index contributed by atoms with van der Waals surface area (Å²) in [6.07, 6.45) is 3.63. The molecule has 0 radical (unpaired) electrons. The number of halogens is 1. The summed E-state index contributed by atoms with van der Waals surface area (Å²) in [5, 5.41) is 3.49. The second kappa shape index (κ2) is 9.74. The average Bonchev–Trinajstić information content (AvgIpc) is 3.53. The molecule has 2 aliphatic heterocycles. The highest BCUT2D eigenvalue weighted by Crippen LogP contribution is 2.49. The lowest BCUT2D eigenvalue weighted by Crippen LogP contribution is -2.40. The van der Waals surface area contributed by atoms with Crippen molar-refractivity contribution in [1.82, 2.24) is 19.9 Å². The molecule has 4 heterocycles. The third-order valence-corrected chi connectivity index (χ3v) is 8.02. The maximum absolute atomic E-state index is 6.55. The van der Waals surface area contributed by atoms with E-state index in [0.29, 0.717) is 6.54 Å². The Balaban J connectivity index is 1.38. The molecule has 0 aliphatic carbocycles. The Morgan fingerprint density at radius 3 is 2.39 bits per heavy atom. The maximum Gasteiger partial charge on any atom is 0.163 e. The molecule has 8 heteroatoms. The van der Waals surface area contributed by atoms with E-state index in [0.717, 1.165) is 33.4 Å². The highest BCUT2D eigenvalue weighted by Gasteiger charge is 2.58. The summed E-state index contributed by atoms with van der Waals surface area (Å²) in [5.41, 5.74) is 5.43. The van der Waals surface area contributed by atoms with Crippen LogP contribution in [0.3, 0.4) is 0 Å². The van der Waals surface area contributed by atoms with Crippen LogP contribution in [0.25, 0.3) is 11.0 Å². The van der Waals surface area contributed by atoms with Crippen LogP contribution >= 0.6 is 22.6 Å². The number of alkyl halides is 1. The van der Waals surface area contributed by atoms with E-state index in [-0.39, 0.29) is 24.3 Å². The fourth-order valence-electron chi connectivity index (χ4n) is 5.59. The Morgan fingerprint density at radius 1 is 0.972 bits per heavy atom. The zero-order valence-corrected chi connectivity index (χ0v) is 22.6. The molecule has 186 valence electrons. The summed E-state index contributed by atoms with van der Waals surface area (Å²) in [6.45, 7) is 5.53. The maximum atomic E-state index is 6.55. The summed E-state index contributed by atoms with van der Waals surface area (Å²) >= 11 is 2.48. The molecule has 4 atom stereocenters. The van der Waals surface area contributed by atoms with Gasteiger partial charge in [-0.1, -0.05) is 83.3 Å². The van der Waals surface area contributed by atoms with Gasteiger partial charge in [0.2, 0.25) is 0 Å². The Bertz CT molecular complexity index is 1330. The van der Waals surface area contributed by atoms with Crippen LogP contribution in [0.4, 0.5) is 5.82 Å². The van der Waals surface area contributed by atoms with E-state index < -0.39 is 5.79 Å². The SMILES string of the molecule is CC1(C)O[C@@H]2[C@H](O1)[C@@H](CI)N(Cc1ccccc1)[C@H]2c1c[nH]c2c(NCc3ccccc3)ncnc12. The number of aromatic nitrogens is 3. The van der Waals surface area contributed by atoms with Crippen LogP contribution in [-0.2, 0) is 22.6 Å². The first-order valence-corrected chi connectivity index (χ1v) is 13.9. The first kappa shape index (κ1) is 23.8. The zero-order valence-electron chi connectivity index (χ0n) is 20.4. The molecule has 6 rings (SSSR count). The minimum atomic E-state index is -0.611. The minimum Gasteiger partial charge on any atom is -0.364 e.